The molecule has 1 amide bonds. The van der Waals surface area contributed by atoms with Crippen molar-refractivity contribution < 1.29 is 14.6 Å². The molecule has 0 saturated heterocycles. The number of carbonyl (C=O) groups is 1. The molecule has 0 aliphatic carbocycles. The van der Waals surface area contributed by atoms with E-state index in [9.17, 15) is 9.90 Å². The average molecular weight is 301 g/mol. The van der Waals surface area contributed by atoms with Gasteiger partial charge in [-0.15, -0.1) is 0 Å². The van der Waals surface area contributed by atoms with E-state index >= 15 is 0 Å². The molecule has 1 aromatic rings. The SMILES string of the molecule is CCCNC(=O)CN(C)Cc1cc(Cl)cc(OC)c1O. The summed E-state index contributed by atoms with van der Waals surface area (Å²) in [5.74, 6) is 0.344. The molecule has 0 radical (unpaired) electrons. The van der Waals surface area contributed by atoms with Gasteiger partial charge in [0.1, 0.15) is 0 Å². The number of phenols is 1. The fraction of sp³-hybridized carbons (Fsp3) is 0.500. The smallest absolute Gasteiger partial charge is 0.234 e. The Morgan fingerprint density at radius 1 is 1.50 bits per heavy atom. The van der Waals surface area contributed by atoms with Gasteiger partial charge in [0.2, 0.25) is 5.91 Å². The van der Waals surface area contributed by atoms with E-state index in [1.807, 2.05) is 6.92 Å². The van der Waals surface area contributed by atoms with Gasteiger partial charge in [0.15, 0.2) is 11.5 Å². The molecule has 0 heterocycles. The van der Waals surface area contributed by atoms with Crippen LogP contribution in [0.25, 0.3) is 0 Å². The molecule has 112 valence electrons. The Morgan fingerprint density at radius 2 is 2.20 bits per heavy atom. The van der Waals surface area contributed by atoms with Gasteiger partial charge in [-0.2, -0.15) is 0 Å². The maximum absolute atomic E-state index is 11.6. The van der Waals surface area contributed by atoms with Crippen molar-refractivity contribution in [2.75, 3.05) is 27.2 Å². The topological polar surface area (TPSA) is 61.8 Å². The number of benzene rings is 1. The Morgan fingerprint density at radius 3 is 2.80 bits per heavy atom. The number of hydrogen-bond donors (Lipinski definition) is 2. The minimum absolute atomic E-state index is 0.0390. The van der Waals surface area contributed by atoms with Crippen molar-refractivity contribution in [3.05, 3.63) is 22.7 Å². The van der Waals surface area contributed by atoms with Crippen LogP contribution in [0.2, 0.25) is 5.02 Å². The van der Waals surface area contributed by atoms with Crippen LogP contribution in [0.15, 0.2) is 12.1 Å². The van der Waals surface area contributed by atoms with Crippen LogP contribution in [-0.4, -0.2) is 43.2 Å². The quantitative estimate of drug-likeness (QED) is 0.809. The van der Waals surface area contributed by atoms with Crippen LogP contribution in [0.1, 0.15) is 18.9 Å². The Kier molecular flexibility index (Phi) is 6.61. The largest absolute Gasteiger partial charge is 0.504 e. The number of nitrogens with zero attached hydrogens (tertiary/aromatic N) is 1. The van der Waals surface area contributed by atoms with E-state index in [1.54, 1.807) is 24.1 Å². The molecule has 2 N–H and O–H groups in total. The first-order valence-electron chi connectivity index (χ1n) is 6.48. The molecule has 1 aromatic carbocycles. The van der Waals surface area contributed by atoms with E-state index in [0.29, 0.717) is 29.4 Å². The summed E-state index contributed by atoms with van der Waals surface area (Å²) in [7, 11) is 3.27. The van der Waals surface area contributed by atoms with Gasteiger partial charge in [-0.25, -0.2) is 0 Å². The predicted molar refractivity (Wildman–Crippen MR) is 79.3 cm³/mol. The number of rotatable bonds is 7. The third-order valence-electron chi connectivity index (χ3n) is 2.76. The molecule has 20 heavy (non-hydrogen) atoms. The molecular weight excluding hydrogens is 280 g/mol. The van der Waals surface area contributed by atoms with E-state index < -0.39 is 0 Å². The molecule has 0 bridgehead atoms. The molecule has 6 heteroatoms. The van der Waals surface area contributed by atoms with Gasteiger partial charge in [0.05, 0.1) is 13.7 Å². The number of amides is 1. The number of hydrogen-bond acceptors (Lipinski definition) is 4. The molecule has 0 spiro atoms. The van der Waals surface area contributed by atoms with Crippen molar-refractivity contribution >= 4 is 17.5 Å². The van der Waals surface area contributed by atoms with Crippen molar-refractivity contribution in [2.45, 2.75) is 19.9 Å². The number of aromatic hydroxyl groups is 1. The van der Waals surface area contributed by atoms with Gasteiger partial charge in [-0.05, 0) is 19.5 Å². The van der Waals surface area contributed by atoms with Gasteiger partial charge in [-0.1, -0.05) is 18.5 Å². The molecule has 0 atom stereocenters. The Bertz CT molecular complexity index is 466. The summed E-state index contributed by atoms with van der Waals surface area (Å²) >= 11 is 5.97. The molecule has 5 nitrogen and oxygen atoms in total. The third kappa shape index (κ3) is 4.90. The summed E-state index contributed by atoms with van der Waals surface area (Å²) in [4.78, 5) is 13.4. The highest BCUT2D eigenvalue weighted by Gasteiger charge is 2.13. The average Bonchev–Trinajstić information content (AvgIpc) is 2.39. The second kappa shape index (κ2) is 7.97. The van der Waals surface area contributed by atoms with E-state index in [4.69, 9.17) is 16.3 Å². The van der Waals surface area contributed by atoms with E-state index in [1.165, 1.54) is 7.11 Å². The summed E-state index contributed by atoms with van der Waals surface area (Å²) in [6, 6.07) is 3.22. The van der Waals surface area contributed by atoms with E-state index in [2.05, 4.69) is 5.32 Å². The highest BCUT2D eigenvalue weighted by atomic mass is 35.5. The fourth-order valence-electron chi connectivity index (χ4n) is 1.82. The number of ether oxygens (including phenoxy) is 1. The van der Waals surface area contributed by atoms with Crippen LogP contribution in [0.3, 0.4) is 0 Å². The van der Waals surface area contributed by atoms with Crippen LogP contribution >= 0.6 is 11.6 Å². The number of methoxy groups -OCH3 is 1. The lowest BCUT2D eigenvalue weighted by Gasteiger charge is -2.18. The number of likely N-dealkylation sites (N-methyl/N-ethyl adjacent to an activating group) is 1. The minimum atomic E-state index is -0.0390. The lowest BCUT2D eigenvalue weighted by molar-refractivity contribution is -0.122. The summed E-state index contributed by atoms with van der Waals surface area (Å²) in [5.41, 5.74) is 0.625. The van der Waals surface area contributed by atoms with E-state index in [0.717, 1.165) is 6.42 Å². The van der Waals surface area contributed by atoms with Crippen LogP contribution in [0.5, 0.6) is 11.5 Å². The fourth-order valence-corrected chi connectivity index (χ4v) is 2.05. The summed E-state index contributed by atoms with van der Waals surface area (Å²) in [5, 5.41) is 13.3. The third-order valence-corrected chi connectivity index (χ3v) is 2.98. The van der Waals surface area contributed by atoms with Crippen LogP contribution in [0.4, 0.5) is 0 Å². The maximum Gasteiger partial charge on any atom is 0.234 e. The first-order valence-corrected chi connectivity index (χ1v) is 6.86. The minimum Gasteiger partial charge on any atom is -0.504 e. The van der Waals surface area contributed by atoms with Crippen molar-refractivity contribution in [3.63, 3.8) is 0 Å². The monoisotopic (exact) mass is 300 g/mol. The van der Waals surface area contributed by atoms with Crippen molar-refractivity contribution in [3.8, 4) is 11.5 Å². The normalized spacial score (nSPS) is 10.7. The first-order chi connectivity index (χ1) is 9.47. The zero-order chi connectivity index (χ0) is 15.1. The van der Waals surface area contributed by atoms with Crippen LogP contribution < -0.4 is 10.1 Å². The zero-order valence-electron chi connectivity index (χ0n) is 12.1. The van der Waals surface area contributed by atoms with E-state index in [-0.39, 0.29) is 18.2 Å². The van der Waals surface area contributed by atoms with Gasteiger partial charge in [0.25, 0.3) is 0 Å². The van der Waals surface area contributed by atoms with Crippen molar-refractivity contribution in [1.29, 1.82) is 0 Å². The van der Waals surface area contributed by atoms with Crippen molar-refractivity contribution in [1.82, 2.24) is 10.2 Å². The summed E-state index contributed by atoms with van der Waals surface area (Å²) in [6.45, 7) is 3.33. The number of phenolic OH excluding ortho intramolecular Hbond substituents is 1. The molecule has 0 aromatic heterocycles. The van der Waals surface area contributed by atoms with Crippen molar-refractivity contribution in [2.24, 2.45) is 0 Å². The second-order valence-electron chi connectivity index (χ2n) is 4.64. The molecule has 0 saturated carbocycles. The predicted octanol–water partition coefficient (Wildman–Crippen LogP) is 2.01. The Hall–Kier alpha value is -1.46. The lowest BCUT2D eigenvalue weighted by Crippen LogP contribution is -2.35. The molecule has 0 fully saturated rings. The van der Waals surface area contributed by atoms with Crippen LogP contribution in [-0.2, 0) is 11.3 Å². The second-order valence-corrected chi connectivity index (χ2v) is 5.07. The standard InChI is InChI=1S/C14H21ClN2O3/c1-4-5-16-13(18)9-17(2)8-10-6-11(15)7-12(20-3)14(10)19/h6-7,19H,4-5,8-9H2,1-3H3,(H,16,18). The van der Waals surface area contributed by atoms with Gasteiger partial charge < -0.3 is 15.2 Å². The molecule has 1 rings (SSSR count). The van der Waals surface area contributed by atoms with Gasteiger partial charge in [0, 0.05) is 29.7 Å². The number of nitrogens with one attached hydrogen (secondary N) is 1. The molecule has 0 aliphatic rings. The summed E-state index contributed by atoms with van der Waals surface area (Å²) in [6.07, 6.45) is 0.904. The molecule has 0 aliphatic heterocycles. The van der Waals surface area contributed by atoms with Gasteiger partial charge in [-0.3, -0.25) is 9.69 Å². The number of carbonyl (C=O) groups excluding carboxylic acids is 1. The van der Waals surface area contributed by atoms with Gasteiger partial charge >= 0.3 is 0 Å². The molecular formula is C14H21ClN2O3. The lowest BCUT2D eigenvalue weighted by atomic mass is 10.1. The molecule has 0 unspecified atom stereocenters. The maximum atomic E-state index is 11.6. The zero-order valence-corrected chi connectivity index (χ0v) is 12.8. The Labute approximate surface area is 124 Å². The highest BCUT2D eigenvalue weighted by molar-refractivity contribution is 6.30. The van der Waals surface area contributed by atoms with Crippen LogP contribution in [0, 0.1) is 0 Å². The Balaban J connectivity index is 2.68. The first kappa shape index (κ1) is 16.6. The summed E-state index contributed by atoms with van der Waals surface area (Å²) < 4.78 is 5.05. The number of halogens is 1. The highest BCUT2D eigenvalue weighted by Crippen LogP contribution is 2.33.